The molecular weight excluding hydrogens is 414 g/mol. The van der Waals surface area contributed by atoms with Crippen LogP contribution in [0, 0.1) is 11.8 Å². The Balaban J connectivity index is 1.68. The van der Waals surface area contributed by atoms with Crippen LogP contribution in [-0.2, 0) is 20.8 Å². The highest BCUT2D eigenvalue weighted by molar-refractivity contribution is 5.80. The van der Waals surface area contributed by atoms with Gasteiger partial charge in [-0.3, -0.25) is 14.4 Å². The van der Waals surface area contributed by atoms with E-state index in [1.54, 1.807) is 7.11 Å². The minimum atomic E-state index is -1.06. The topological polar surface area (TPSA) is 153 Å². The number of hydrogen-bond donors (Lipinski definition) is 3. The van der Waals surface area contributed by atoms with Crippen molar-refractivity contribution in [2.75, 3.05) is 20.2 Å². The fourth-order valence-corrected chi connectivity index (χ4v) is 3.85. The zero-order valence-electron chi connectivity index (χ0n) is 18.3. The van der Waals surface area contributed by atoms with Gasteiger partial charge in [0.05, 0.1) is 13.5 Å². The van der Waals surface area contributed by atoms with E-state index >= 15 is 0 Å². The third kappa shape index (κ3) is 8.85. The number of benzene rings is 1. The van der Waals surface area contributed by atoms with Gasteiger partial charge < -0.3 is 20.5 Å². The molecule has 0 bridgehead atoms. The predicted molar refractivity (Wildman–Crippen MR) is 118 cm³/mol. The number of carbonyl (C=O) groups is 3. The Bertz CT molecular complexity index is 811. The summed E-state index contributed by atoms with van der Waals surface area (Å²) in [6, 6.07) is 6.95. The van der Waals surface area contributed by atoms with Crippen LogP contribution in [-0.4, -0.2) is 49.1 Å². The van der Waals surface area contributed by atoms with Crippen molar-refractivity contribution in [3.05, 3.63) is 40.3 Å². The number of ether oxygens (including phenoxy) is 1. The molecule has 1 aromatic carbocycles. The lowest BCUT2D eigenvalue weighted by Gasteiger charge is -2.29. The number of rotatable bonds is 12. The summed E-state index contributed by atoms with van der Waals surface area (Å²) in [5.41, 5.74) is 9.50. The first-order valence-corrected chi connectivity index (χ1v) is 10.8. The number of carboxylic acid groups (broad SMARTS) is 1. The number of carboxylic acids is 1. The summed E-state index contributed by atoms with van der Waals surface area (Å²) in [4.78, 5) is 38.2. The van der Waals surface area contributed by atoms with Gasteiger partial charge in [0.15, 0.2) is 0 Å². The second-order valence-corrected chi connectivity index (χ2v) is 8.09. The van der Waals surface area contributed by atoms with E-state index in [2.05, 4.69) is 20.7 Å². The number of azide groups is 1. The first kappa shape index (κ1) is 25.0. The van der Waals surface area contributed by atoms with Crippen molar-refractivity contribution >= 4 is 17.8 Å². The Morgan fingerprint density at radius 2 is 1.91 bits per heavy atom. The summed E-state index contributed by atoms with van der Waals surface area (Å²) in [6.45, 7) is 0.501. The van der Waals surface area contributed by atoms with Crippen molar-refractivity contribution in [2.45, 2.75) is 51.0 Å². The van der Waals surface area contributed by atoms with E-state index in [0.29, 0.717) is 38.1 Å². The molecule has 0 unspecified atom stereocenters. The number of carbonyl (C=O) groups excluding carboxylic acids is 2. The average Bonchev–Trinajstić information content (AvgIpc) is 2.80. The Hall–Kier alpha value is -3.26. The molecule has 0 saturated heterocycles. The van der Waals surface area contributed by atoms with Gasteiger partial charge in [-0.25, -0.2) is 0 Å². The second-order valence-electron chi connectivity index (χ2n) is 8.09. The molecule has 1 atom stereocenters. The first-order valence-electron chi connectivity index (χ1n) is 10.8. The Labute approximate surface area is 187 Å². The van der Waals surface area contributed by atoms with Crippen LogP contribution in [0.4, 0.5) is 0 Å². The van der Waals surface area contributed by atoms with Crippen LogP contribution >= 0.6 is 0 Å². The van der Waals surface area contributed by atoms with Crippen LogP contribution in [0.25, 0.3) is 10.4 Å². The second kappa shape index (κ2) is 13.2. The van der Waals surface area contributed by atoms with E-state index in [1.807, 2.05) is 24.3 Å². The maximum absolute atomic E-state index is 12.5. The van der Waals surface area contributed by atoms with Gasteiger partial charge >= 0.3 is 5.97 Å². The van der Waals surface area contributed by atoms with Crippen molar-refractivity contribution in [1.82, 2.24) is 10.6 Å². The molecule has 1 aromatic rings. The number of nitrogens with one attached hydrogen (secondary N) is 2. The highest BCUT2D eigenvalue weighted by Gasteiger charge is 2.28. The van der Waals surface area contributed by atoms with Gasteiger partial charge in [0, 0.05) is 36.4 Å². The molecule has 0 heterocycles. The third-order valence-electron chi connectivity index (χ3n) is 5.74. The van der Waals surface area contributed by atoms with Gasteiger partial charge in [-0.2, -0.15) is 0 Å². The largest absolute Gasteiger partial charge is 0.497 e. The zero-order chi connectivity index (χ0) is 23.3. The lowest BCUT2D eigenvalue weighted by molar-refractivity contribution is -0.138. The van der Waals surface area contributed by atoms with E-state index in [-0.39, 0.29) is 30.7 Å². The molecule has 1 aliphatic carbocycles. The van der Waals surface area contributed by atoms with Crippen molar-refractivity contribution < 1.29 is 24.2 Å². The van der Waals surface area contributed by atoms with Crippen LogP contribution in [0.2, 0.25) is 0 Å². The third-order valence-corrected chi connectivity index (χ3v) is 5.74. The van der Waals surface area contributed by atoms with Gasteiger partial charge in [-0.05, 0) is 61.2 Å². The summed E-state index contributed by atoms with van der Waals surface area (Å²) in [7, 11) is 1.62. The Morgan fingerprint density at radius 3 is 2.50 bits per heavy atom. The molecule has 32 heavy (non-hydrogen) atoms. The molecule has 1 saturated carbocycles. The minimum absolute atomic E-state index is 0.00949. The molecule has 2 rings (SSSR count). The minimum Gasteiger partial charge on any atom is -0.497 e. The van der Waals surface area contributed by atoms with E-state index < -0.39 is 12.0 Å². The standard InChI is InChI=1S/C22H31N5O5/c1-32-19-9-4-15(5-10-19)6-11-20(28)24-13-16-2-7-17(8-3-16)22(31)26-18(12-21(29)30)14-25-27-23/h4-5,9-10,16-18H,2-3,6-8,11-14H2,1H3,(H,24,28)(H,26,31)(H,29,30)/t16?,17?,18-/m0/s1. The molecule has 0 aliphatic heterocycles. The van der Waals surface area contributed by atoms with Crippen LogP contribution in [0.15, 0.2) is 29.4 Å². The molecule has 10 heteroatoms. The van der Waals surface area contributed by atoms with Crippen molar-refractivity contribution in [3.8, 4) is 5.75 Å². The van der Waals surface area contributed by atoms with Gasteiger partial charge in [0.2, 0.25) is 11.8 Å². The molecule has 1 aliphatic rings. The predicted octanol–water partition coefficient (Wildman–Crippen LogP) is 2.82. The molecular formula is C22H31N5O5. The number of methoxy groups -OCH3 is 1. The first-order chi connectivity index (χ1) is 15.4. The smallest absolute Gasteiger partial charge is 0.305 e. The quantitative estimate of drug-likeness (QED) is 0.256. The molecule has 0 radical (unpaired) electrons. The summed E-state index contributed by atoms with van der Waals surface area (Å²) in [5, 5.41) is 18.0. The monoisotopic (exact) mass is 445 g/mol. The number of aryl methyl sites for hydroxylation is 1. The fraction of sp³-hybridized carbons (Fsp3) is 0.591. The maximum Gasteiger partial charge on any atom is 0.305 e. The number of aliphatic carboxylic acids is 1. The van der Waals surface area contributed by atoms with Crippen LogP contribution < -0.4 is 15.4 Å². The Morgan fingerprint density at radius 1 is 1.22 bits per heavy atom. The lowest BCUT2D eigenvalue weighted by atomic mass is 9.81. The van der Waals surface area contributed by atoms with E-state index in [1.165, 1.54) is 0 Å². The SMILES string of the molecule is COc1ccc(CCC(=O)NCC2CCC(C(=O)N[C@H](CN=[N+]=[N-])CC(=O)O)CC2)cc1. The van der Waals surface area contributed by atoms with E-state index in [9.17, 15) is 14.4 Å². The van der Waals surface area contributed by atoms with Gasteiger partial charge in [0.25, 0.3) is 0 Å². The van der Waals surface area contributed by atoms with Crippen molar-refractivity contribution in [3.63, 3.8) is 0 Å². The molecule has 0 spiro atoms. The Kier molecular flexibility index (Phi) is 10.3. The summed E-state index contributed by atoms with van der Waals surface area (Å²) in [6.07, 6.45) is 3.78. The maximum atomic E-state index is 12.5. The van der Waals surface area contributed by atoms with Gasteiger partial charge in [-0.1, -0.05) is 17.2 Å². The molecule has 2 amide bonds. The van der Waals surface area contributed by atoms with Crippen molar-refractivity contribution in [1.29, 1.82) is 0 Å². The van der Waals surface area contributed by atoms with Crippen LogP contribution in [0.3, 0.4) is 0 Å². The van der Waals surface area contributed by atoms with Crippen LogP contribution in [0.5, 0.6) is 5.75 Å². The van der Waals surface area contributed by atoms with Crippen LogP contribution in [0.1, 0.15) is 44.1 Å². The molecule has 174 valence electrons. The number of hydrogen-bond acceptors (Lipinski definition) is 5. The summed E-state index contributed by atoms with van der Waals surface area (Å²) >= 11 is 0. The fourth-order valence-electron chi connectivity index (χ4n) is 3.85. The normalized spacial score (nSPS) is 18.7. The molecule has 3 N–H and O–H groups in total. The number of nitrogens with zero attached hydrogens (tertiary/aromatic N) is 3. The molecule has 1 fully saturated rings. The number of amides is 2. The van der Waals surface area contributed by atoms with E-state index in [0.717, 1.165) is 24.2 Å². The van der Waals surface area contributed by atoms with Gasteiger partial charge in [0.1, 0.15) is 5.75 Å². The lowest BCUT2D eigenvalue weighted by Crippen LogP contribution is -2.43. The average molecular weight is 446 g/mol. The van der Waals surface area contributed by atoms with E-state index in [4.69, 9.17) is 15.4 Å². The summed E-state index contributed by atoms with van der Waals surface area (Å²) < 4.78 is 5.13. The zero-order valence-corrected chi connectivity index (χ0v) is 18.3. The summed E-state index contributed by atoms with van der Waals surface area (Å²) in [5.74, 6) is -0.339. The highest BCUT2D eigenvalue weighted by atomic mass is 16.5. The molecule has 10 nitrogen and oxygen atoms in total. The van der Waals surface area contributed by atoms with Crippen molar-refractivity contribution in [2.24, 2.45) is 17.0 Å². The highest BCUT2D eigenvalue weighted by Crippen LogP contribution is 2.28. The molecule has 0 aromatic heterocycles. The van der Waals surface area contributed by atoms with Gasteiger partial charge in [-0.15, -0.1) is 0 Å².